The molecule has 1 N–H and O–H groups in total. The number of aliphatic carboxylic acids is 1. The number of halogens is 1. The zero-order valence-electron chi connectivity index (χ0n) is 12.0. The Kier molecular flexibility index (Phi) is 3.60. The number of hydrogen-bond donors (Lipinski definition) is 1. The van der Waals surface area contributed by atoms with Gasteiger partial charge in [0, 0.05) is 37.6 Å². The van der Waals surface area contributed by atoms with Crippen LogP contribution in [0.1, 0.15) is 12.8 Å². The Morgan fingerprint density at radius 1 is 1.27 bits per heavy atom. The van der Waals surface area contributed by atoms with Gasteiger partial charge in [-0.25, -0.2) is 9.18 Å². The zero-order valence-corrected chi connectivity index (χ0v) is 12.0. The largest absolute Gasteiger partial charge is 0.479 e. The highest BCUT2D eigenvalue weighted by Crippen LogP contribution is 2.26. The summed E-state index contributed by atoms with van der Waals surface area (Å²) in [6, 6.07) is 9.85. The lowest BCUT2D eigenvalue weighted by Crippen LogP contribution is -2.39. The van der Waals surface area contributed by atoms with Crippen molar-refractivity contribution in [1.29, 1.82) is 0 Å². The molecule has 116 valence electrons. The van der Waals surface area contributed by atoms with Crippen LogP contribution in [0.5, 0.6) is 0 Å². The van der Waals surface area contributed by atoms with E-state index >= 15 is 0 Å². The standard InChI is InChI=1S/C16H17FN2O3/c17-16(15(21)22)7-10-19(11-16)14(20)6-9-18-8-5-12-3-1-2-4-13(12)18/h1-5,8H,6-7,9-11H2,(H,21,22). The van der Waals surface area contributed by atoms with Gasteiger partial charge in [0.15, 0.2) is 0 Å². The second kappa shape index (κ2) is 5.44. The molecule has 0 bridgehead atoms. The molecule has 1 saturated heterocycles. The van der Waals surface area contributed by atoms with Gasteiger partial charge < -0.3 is 14.6 Å². The molecular weight excluding hydrogens is 287 g/mol. The van der Waals surface area contributed by atoms with E-state index in [0.717, 1.165) is 10.9 Å². The van der Waals surface area contributed by atoms with Crippen molar-refractivity contribution >= 4 is 22.8 Å². The molecule has 0 aliphatic carbocycles. The van der Waals surface area contributed by atoms with Crippen molar-refractivity contribution in [3.63, 3.8) is 0 Å². The maximum absolute atomic E-state index is 14.0. The molecule has 3 rings (SSSR count). The number of carbonyl (C=O) groups excluding carboxylic acids is 1. The van der Waals surface area contributed by atoms with Gasteiger partial charge in [-0.2, -0.15) is 0 Å². The van der Waals surface area contributed by atoms with Crippen molar-refractivity contribution in [2.45, 2.75) is 25.1 Å². The molecule has 1 amide bonds. The van der Waals surface area contributed by atoms with Gasteiger partial charge in [0.25, 0.3) is 0 Å². The Balaban J connectivity index is 1.63. The molecule has 1 aromatic carbocycles. The first-order valence-electron chi connectivity index (χ1n) is 7.23. The van der Waals surface area contributed by atoms with Crippen LogP contribution in [0.4, 0.5) is 4.39 Å². The summed E-state index contributed by atoms with van der Waals surface area (Å²) in [4.78, 5) is 24.3. The number of para-hydroxylation sites is 1. The number of aromatic nitrogens is 1. The molecule has 2 aromatic rings. The average Bonchev–Trinajstić information content (AvgIpc) is 3.10. The van der Waals surface area contributed by atoms with Crippen molar-refractivity contribution in [2.24, 2.45) is 0 Å². The smallest absolute Gasteiger partial charge is 0.343 e. The molecule has 1 fully saturated rings. The first-order valence-corrected chi connectivity index (χ1v) is 7.23. The minimum absolute atomic E-state index is 0.138. The van der Waals surface area contributed by atoms with Crippen LogP contribution in [-0.4, -0.2) is 45.2 Å². The lowest BCUT2D eigenvalue weighted by molar-refractivity contribution is -0.150. The maximum atomic E-state index is 14.0. The first kappa shape index (κ1) is 14.6. The summed E-state index contributed by atoms with van der Waals surface area (Å²) in [6.45, 7) is 0.302. The van der Waals surface area contributed by atoms with Crippen LogP contribution < -0.4 is 0 Å². The molecular formula is C16H17FN2O3. The number of alkyl halides is 1. The van der Waals surface area contributed by atoms with Crippen LogP contribution in [0.15, 0.2) is 36.5 Å². The third-order valence-corrected chi connectivity index (χ3v) is 4.20. The summed E-state index contributed by atoms with van der Waals surface area (Å²) in [6.07, 6.45) is 2.01. The highest BCUT2D eigenvalue weighted by Gasteiger charge is 2.46. The zero-order chi connectivity index (χ0) is 15.7. The Bertz CT molecular complexity index is 727. The number of carbonyl (C=O) groups is 2. The van der Waals surface area contributed by atoms with Crippen LogP contribution in [0.2, 0.25) is 0 Å². The topological polar surface area (TPSA) is 62.5 Å². The van der Waals surface area contributed by atoms with Gasteiger partial charge in [0.1, 0.15) is 0 Å². The number of rotatable bonds is 4. The van der Waals surface area contributed by atoms with Gasteiger partial charge >= 0.3 is 5.97 Å². The number of nitrogens with zero attached hydrogens (tertiary/aromatic N) is 2. The van der Waals surface area contributed by atoms with E-state index in [-0.39, 0.29) is 31.8 Å². The average molecular weight is 304 g/mol. The monoisotopic (exact) mass is 304 g/mol. The van der Waals surface area contributed by atoms with E-state index in [0.29, 0.717) is 6.54 Å². The summed E-state index contributed by atoms with van der Waals surface area (Å²) in [5, 5.41) is 9.96. The SMILES string of the molecule is O=C(CCn1ccc2ccccc21)N1CCC(F)(C(=O)O)C1. The molecule has 1 aliphatic heterocycles. The van der Waals surface area contributed by atoms with Gasteiger partial charge in [0.05, 0.1) is 6.54 Å². The van der Waals surface area contributed by atoms with E-state index in [1.54, 1.807) is 0 Å². The number of fused-ring (bicyclic) bond motifs is 1. The summed E-state index contributed by atoms with van der Waals surface area (Å²) in [5.74, 6) is -1.70. The summed E-state index contributed by atoms with van der Waals surface area (Å²) in [7, 11) is 0. The van der Waals surface area contributed by atoms with Gasteiger partial charge in [-0.1, -0.05) is 18.2 Å². The normalized spacial score (nSPS) is 21.4. The maximum Gasteiger partial charge on any atom is 0.343 e. The van der Waals surface area contributed by atoms with E-state index in [9.17, 15) is 14.0 Å². The number of hydrogen-bond acceptors (Lipinski definition) is 2. The van der Waals surface area contributed by atoms with Crippen molar-refractivity contribution < 1.29 is 19.1 Å². The third-order valence-electron chi connectivity index (χ3n) is 4.20. The van der Waals surface area contributed by atoms with Crippen LogP contribution >= 0.6 is 0 Å². The molecule has 5 nitrogen and oxygen atoms in total. The predicted octanol–water partition coefficient (Wildman–Crippen LogP) is 2.06. The summed E-state index contributed by atoms with van der Waals surface area (Å²) in [5.41, 5.74) is -1.25. The van der Waals surface area contributed by atoms with Crippen LogP contribution in [0.25, 0.3) is 10.9 Å². The second-order valence-corrected chi connectivity index (χ2v) is 5.65. The van der Waals surface area contributed by atoms with Crippen molar-refractivity contribution in [3.8, 4) is 0 Å². The van der Waals surface area contributed by atoms with E-state index in [2.05, 4.69) is 0 Å². The minimum Gasteiger partial charge on any atom is -0.479 e. The van der Waals surface area contributed by atoms with Gasteiger partial charge in [-0.15, -0.1) is 0 Å². The summed E-state index contributed by atoms with van der Waals surface area (Å²) >= 11 is 0. The Morgan fingerprint density at radius 3 is 2.77 bits per heavy atom. The number of amides is 1. The molecule has 0 saturated carbocycles. The Morgan fingerprint density at radius 2 is 2.05 bits per heavy atom. The number of carboxylic acid groups (broad SMARTS) is 1. The van der Waals surface area contributed by atoms with Crippen molar-refractivity contribution in [1.82, 2.24) is 9.47 Å². The molecule has 0 spiro atoms. The Labute approximate surface area is 126 Å². The quantitative estimate of drug-likeness (QED) is 0.940. The highest BCUT2D eigenvalue weighted by molar-refractivity contribution is 5.83. The van der Waals surface area contributed by atoms with Gasteiger partial charge in [0.2, 0.25) is 11.6 Å². The van der Waals surface area contributed by atoms with E-state index < -0.39 is 11.6 Å². The number of aryl methyl sites for hydroxylation is 1. The van der Waals surface area contributed by atoms with Crippen LogP contribution in [-0.2, 0) is 16.1 Å². The second-order valence-electron chi connectivity index (χ2n) is 5.65. The van der Waals surface area contributed by atoms with Gasteiger partial charge in [-0.05, 0) is 17.5 Å². The number of carboxylic acids is 1. The predicted molar refractivity (Wildman–Crippen MR) is 79.2 cm³/mol. The minimum atomic E-state index is -2.30. The van der Waals surface area contributed by atoms with Crippen molar-refractivity contribution in [2.75, 3.05) is 13.1 Å². The number of benzene rings is 1. The fourth-order valence-corrected chi connectivity index (χ4v) is 2.87. The molecule has 6 heteroatoms. The fourth-order valence-electron chi connectivity index (χ4n) is 2.87. The molecule has 0 radical (unpaired) electrons. The van der Waals surface area contributed by atoms with E-state index in [1.165, 1.54) is 4.90 Å². The van der Waals surface area contributed by atoms with Crippen LogP contribution in [0, 0.1) is 0 Å². The van der Waals surface area contributed by atoms with Crippen molar-refractivity contribution in [3.05, 3.63) is 36.5 Å². The fraction of sp³-hybridized carbons (Fsp3) is 0.375. The molecule has 1 aliphatic rings. The Hall–Kier alpha value is -2.37. The molecule has 22 heavy (non-hydrogen) atoms. The molecule has 1 aromatic heterocycles. The van der Waals surface area contributed by atoms with Crippen LogP contribution in [0.3, 0.4) is 0 Å². The molecule has 1 unspecified atom stereocenters. The highest BCUT2D eigenvalue weighted by atomic mass is 19.1. The lowest BCUT2D eigenvalue weighted by Gasteiger charge is -2.18. The third kappa shape index (κ3) is 2.56. The van der Waals surface area contributed by atoms with Gasteiger partial charge in [-0.3, -0.25) is 4.79 Å². The van der Waals surface area contributed by atoms with E-state index in [4.69, 9.17) is 5.11 Å². The molecule has 2 heterocycles. The lowest BCUT2D eigenvalue weighted by atomic mass is 10.1. The number of likely N-dealkylation sites (tertiary alicyclic amines) is 1. The molecule has 1 atom stereocenters. The van der Waals surface area contributed by atoms with E-state index in [1.807, 2.05) is 41.1 Å². The first-order chi connectivity index (χ1) is 10.5. The summed E-state index contributed by atoms with van der Waals surface area (Å²) < 4.78 is 15.9.